The third-order valence-corrected chi connectivity index (χ3v) is 3.20. The molecule has 1 unspecified atom stereocenters. The molecule has 1 atom stereocenters. The highest BCUT2D eigenvalue weighted by molar-refractivity contribution is 5.47. The summed E-state index contributed by atoms with van der Waals surface area (Å²) < 4.78 is 0. The molecule has 0 spiro atoms. The van der Waals surface area contributed by atoms with Crippen molar-refractivity contribution in [1.29, 1.82) is 0 Å². The van der Waals surface area contributed by atoms with Crippen molar-refractivity contribution in [2.45, 2.75) is 32.1 Å². The van der Waals surface area contributed by atoms with Crippen LogP contribution in [0.4, 0.5) is 0 Å². The number of fused-ring (bicyclic) bond motifs is 1. The lowest BCUT2D eigenvalue weighted by atomic mass is 9.59. The highest BCUT2D eigenvalue weighted by Gasteiger charge is 2.40. The molecule has 11 heavy (non-hydrogen) atoms. The molecule has 0 N–H and O–H groups in total. The lowest BCUT2D eigenvalue weighted by molar-refractivity contribution is 0.370. The van der Waals surface area contributed by atoms with Gasteiger partial charge in [-0.05, 0) is 22.5 Å². The van der Waals surface area contributed by atoms with Crippen molar-refractivity contribution in [2.24, 2.45) is 0 Å². The van der Waals surface area contributed by atoms with Gasteiger partial charge in [-0.1, -0.05) is 45.0 Å². The second kappa shape index (κ2) is 1.88. The van der Waals surface area contributed by atoms with Gasteiger partial charge in [0.2, 0.25) is 0 Å². The molecule has 0 heterocycles. The Hall–Kier alpha value is -0.780. The number of rotatable bonds is 0. The predicted molar refractivity (Wildman–Crippen MR) is 47.9 cm³/mol. The van der Waals surface area contributed by atoms with Crippen molar-refractivity contribution in [2.75, 3.05) is 0 Å². The zero-order valence-electron chi connectivity index (χ0n) is 7.39. The summed E-state index contributed by atoms with van der Waals surface area (Å²) in [6.45, 7) is 6.95. The first-order valence-corrected chi connectivity index (χ1v) is 4.23. The largest absolute Gasteiger partial charge is 0.0620 e. The fourth-order valence-electron chi connectivity index (χ4n) is 2.01. The first-order chi connectivity index (χ1) is 5.14. The fourth-order valence-corrected chi connectivity index (χ4v) is 2.01. The molecule has 2 rings (SSSR count). The molecule has 0 nitrogen and oxygen atoms in total. The van der Waals surface area contributed by atoms with Gasteiger partial charge < -0.3 is 0 Å². The van der Waals surface area contributed by atoms with Gasteiger partial charge in [0.25, 0.3) is 0 Å². The van der Waals surface area contributed by atoms with Crippen LogP contribution in [0.3, 0.4) is 0 Å². The van der Waals surface area contributed by atoms with E-state index in [0.29, 0.717) is 5.41 Å². The molecule has 1 aliphatic carbocycles. The minimum absolute atomic E-state index is 0.413. The van der Waals surface area contributed by atoms with E-state index in [4.69, 9.17) is 0 Å². The van der Waals surface area contributed by atoms with Gasteiger partial charge in [0, 0.05) is 0 Å². The Labute approximate surface area is 68.3 Å². The van der Waals surface area contributed by atoms with Gasteiger partial charge >= 0.3 is 0 Å². The molecule has 0 bridgehead atoms. The highest BCUT2D eigenvalue weighted by atomic mass is 14.4. The summed E-state index contributed by atoms with van der Waals surface area (Å²) in [6.07, 6.45) is 0. The van der Waals surface area contributed by atoms with Gasteiger partial charge in [-0.25, -0.2) is 0 Å². The Bertz CT molecular complexity index is 284. The third kappa shape index (κ3) is 0.699. The van der Waals surface area contributed by atoms with Gasteiger partial charge in [-0.2, -0.15) is 0 Å². The van der Waals surface area contributed by atoms with Crippen LogP contribution in [0.25, 0.3) is 0 Å². The molecule has 0 aliphatic heterocycles. The molecule has 58 valence electrons. The van der Waals surface area contributed by atoms with Crippen molar-refractivity contribution in [3.8, 4) is 0 Å². The summed E-state index contributed by atoms with van der Waals surface area (Å²) >= 11 is 0. The summed E-state index contributed by atoms with van der Waals surface area (Å²) in [5.41, 5.74) is 3.49. The van der Waals surface area contributed by atoms with E-state index in [1.54, 1.807) is 0 Å². The number of hydrogen-bond donors (Lipinski definition) is 0. The van der Waals surface area contributed by atoms with E-state index in [1.165, 1.54) is 11.1 Å². The second-order valence-corrected chi connectivity index (χ2v) is 4.03. The van der Waals surface area contributed by atoms with E-state index in [2.05, 4.69) is 45.0 Å². The minimum Gasteiger partial charge on any atom is -0.0620 e. The van der Waals surface area contributed by atoms with Gasteiger partial charge in [0.1, 0.15) is 0 Å². The van der Waals surface area contributed by atoms with Crippen molar-refractivity contribution >= 4 is 0 Å². The predicted octanol–water partition coefficient (Wildman–Crippen LogP) is 3.08. The van der Waals surface area contributed by atoms with Crippen molar-refractivity contribution in [3.05, 3.63) is 35.4 Å². The average Bonchev–Trinajstić information content (AvgIpc) is 2.04. The molecule has 0 fully saturated rings. The highest BCUT2D eigenvalue weighted by Crippen LogP contribution is 2.50. The lowest BCUT2D eigenvalue weighted by Crippen LogP contribution is -2.36. The summed E-state index contributed by atoms with van der Waals surface area (Å²) in [4.78, 5) is 0. The second-order valence-electron chi connectivity index (χ2n) is 4.03. The lowest BCUT2D eigenvalue weighted by Gasteiger charge is -2.45. The van der Waals surface area contributed by atoms with E-state index in [1.807, 2.05) is 0 Å². The Balaban J connectivity index is 2.56. The van der Waals surface area contributed by atoms with Crippen LogP contribution in [0.5, 0.6) is 0 Å². The van der Waals surface area contributed by atoms with Crippen molar-refractivity contribution in [3.63, 3.8) is 0 Å². The summed E-state index contributed by atoms with van der Waals surface area (Å²) in [7, 11) is 0. The van der Waals surface area contributed by atoms with Crippen LogP contribution in [-0.4, -0.2) is 0 Å². The van der Waals surface area contributed by atoms with Gasteiger partial charge in [-0.3, -0.25) is 0 Å². The fraction of sp³-hybridized carbons (Fsp3) is 0.455. The minimum atomic E-state index is 0.413. The summed E-state index contributed by atoms with van der Waals surface area (Å²) in [5, 5.41) is 0. The van der Waals surface area contributed by atoms with E-state index < -0.39 is 0 Å². The third-order valence-electron chi connectivity index (χ3n) is 3.20. The maximum absolute atomic E-state index is 2.32. The molecule has 0 heteroatoms. The van der Waals surface area contributed by atoms with E-state index in [0.717, 1.165) is 5.92 Å². The van der Waals surface area contributed by atoms with Crippen LogP contribution < -0.4 is 0 Å². The van der Waals surface area contributed by atoms with Gasteiger partial charge in [-0.15, -0.1) is 0 Å². The average molecular weight is 146 g/mol. The van der Waals surface area contributed by atoms with Gasteiger partial charge in [0.05, 0.1) is 0 Å². The Morgan fingerprint density at radius 3 is 2.45 bits per heavy atom. The molecule has 0 radical (unpaired) electrons. The maximum Gasteiger partial charge on any atom is -0.00346 e. The van der Waals surface area contributed by atoms with Crippen LogP contribution in [0.1, 0.15) is 37.8 Å². The van der Waals surface area contributed by atoms with E-state index >= 15 is 0 Å². The Kier molecular flexibility index (Phi) is 1.18. The first-order valence-electron chi connectivity index (χ1n) is 4.23. The van der Waals surface area contributed by atoms with Crippen LogP contribution in [0.15, 0.2) is 24.3 Å². The van der Waals surface area contributed by atoms with Crippen LogP contribution in [0, 0.1) is 0 Å². The van der Waals surface area contributed by atoms with Crippen molar-refractivity contribution < 1.29 is 0 Å². The normalized spacial score (nSPS) is 25.5. The van der Waals surface area contributed by atoms with Crippen LogP contribution in [-0.2, 0) is 5.41 Å². The van der Waals surface area contributed by atoms with E-state index in [-0.39, 0.29) is 0 Å². The molecular formula is C11H14. The molecule has 0 aromatic heterocycles. The maximum atomic E-state index is 2.32. The molecule has 1 aromatic carbocycles. The molecule has 1 aromatic rings. The molecule has 0 saturated carbocycles. The monoisotopic (exact) mass is 146 g/mol. The molecular weight excluding hydrogens is 132 g/mol. The van der Waals surface area contributed by atoms with Crippen LogP contribution in [0.2, 0.25) is 0 Å². The van der Waals surface area contributed by atoms with Gasteiger partial charge in [0.15, 0.2) is 0 Å². The zero-order chi connectivity index (χ0) is 8.06. The number of hydrogen-bond acceptors (Lipinski definition) is 0. The van der Waals surface area contributed by atoms with E-state index in [9.17, 15) is 0 Å². The SMILES string of the molecule is CC1c2ccccc2C1(C)C. The van der Waals surface area contributed by atoms with Crippen molar-refractivity contribution in [1.82, 2.24) is 0 Å². The smallest absolute Gasteiger partial charge is 0.00346 e. The Morgan fingerprint density at radius 2 is 1.82 bits per heavy atom. The molecule has 1 aliphatic rings. The Morgan fingerprint density at radius 1 is 1.18 bits per heavy atom. The summed E-state index contributed by atoms with van der Waals surface area (Å²) in [6, 6.07) is 8.75. The summed E-state index contributed by atoms with van der Waals surface area (Å²) in [5.74, 6) is 0.735. The zero-order valence-corrected chi connectivity index (χ0v) is 7.39. The molecule has 0 amide bonds. The quantitative estimate of drug-likeness (QED) is 0.527. The first kappa shape index (κ1) is 6.90. The standard InChI is InChI=1S/C11H14/c1-8-9-6-4-5-7-10(9)11(8,2)3/h4-8H,1-3H3. The topological polar surface area (TPSA) is 0 Å². The number of benzene rings is 1. The van der Waals surface area contributed by atoms with Crippen LogP contribution >= 0.6 is 0 Å². The molecule has 0 saturated heterocycles.